The van der Waals surface area contributed by atoms with Crippen LogP contribution >= 0.6 is 0 Å². The summed E-state index contributed by atoms with van der Waals surface area (Å²) in [6, 6.07) is -0.859. The van der Waals surface area contributed by atoms with Gasteiger partial charge in [0.05, 0.1) is 6.61 Å². The van der Waals surface area contributed by atoms with E-state index in [9.17, 15) is 9.90 Å². The molecule has 0 aromatic heterocycles. The second-order valence-electron chi connectivity index (χ2n) is 3.64. The number of azide groups is 1. The van der Waals surface area contributed by atoms with Crippen molar-refractivity contribution in [3.63, 3.8) is 0 Å². The summed E-state index contributed by atoms with van der Waals surface area (Å²) >= 11 is 0. The number of aliphatic hydroxyl groups is 1. The van der Waals surface area contributed by atoms with Gasteiger partial charge in [0.2, 0.25) is 0 Å². The molecule has 2 bridgehead atoms. The highest BCUT2D eigenvalue weighted by molar-refractivity contribution is 5.66. The lowest BCUT2D eigenvalue weighted by Gasteiger charge is -2.35. The van der Waals surface area contributed by atoms with Crippen LogP contribution in [0.2, 0.25) is 0 Å². The Morgan fingerprint density at radius 2 is 2.44 bits per heavy atom. The fraction of sp³-hybridized carbons (Fsp3) is 0.875. The molecule has 88 valence electrons. The second-order valence-corrected chi connectivity index (χ2v) is 3.64. The molecule has 2 fully saturated rings. The first-order chi connectivity index (χ1) is 7.63. The van der Waals surface area contributed by atoms with E-state index in [0.29, 0.717) is 0 Å². The van der Waals surface area contributed by atoms with Gasteiger partial charge in [0.1, 0.15) is 24.4 Å². The van der Waals surface area contributed by atoms with Crippen LogP contribution in [0.25, 0.3) is 10.4 Å². The molecule has 2 rings (SSSR count). The number of hydrogen-bond acceptors (Lipinski definition) is 6. The zero-order valence-corrected chi connectivity index (χ0v) is 8.52. The number of ether oxygens (including phenoxy) is 3. The van der Waals surface area contributed by atoms with Crippen molar-refractivity contribution in [1.29, 1.82) is 0 Å². The monoisotopic (exact) mass is 229 g/mol. The third kappa shape index (κ3) is 1.83. The van der Waals surface area contributed by atoms with Crippen LogP contribution in [0.3, 0.4) is 0 Å². The molecule has 0 unspecified atom stereocenters. The third-order valence-electron chi connectivity index (χ3n) is 2.55. The standard InChI is InChI=1S/C8H11N3O5/c1-3(12)15-7-5(10-11-9)8-14-2-4(16-8)6(7)13/h4-8,13H,2H2,1H3/t4-,5-,6-,7-,8-/m1/s1. The molecular formula is C8H11N3O5. The molecule has 0 saturated carbocycles. The summed E-state index contributed by atoms with van der Waals surface area (Å²) in [4.78, 5) is 13.5. The van der Waals surface area contributed by atoms with E-state index in [-0.39, 0.29) is 6.61 Å². The molecule has 0 aliphatic carbocycles. The minimum Gasteiger partial charge on any atom is -0.459 e. The Balaban J connectivity index is 2.22. The Morgan fingerprint density at radius 1 is 1.69 bits per heavy atom. The zero-order chi connectivity index (χ0) is 11.7. The molecule has 0 radical (unpaired) electrons. The summed E-state index contributed by atoms with van der Waals surface area (Å²) in [7, 11) is 0. The minimum absolute atomic E-state index is 0.195. The van der Waals surface area contributed by atoms with Crippen LogP contribution in [0.4, 0.5) is 0 Å². The first-order valence-electron chi connectivity index (χ1n) is 4.80. The van der Waals surface area contributed by atoms with Crippen molar-refractivity contribution in [3.05, 3.63) is 10.4 Å². The first-order valence-corrected chi connectivity index (χ1v) is 4.80. The van der Waals surface area contributed by atoms with Gasteiger partial charge in [-0.2, -0.15) is 0 Å². The molecule has 5 atom stereocenters. The summed E-state index contributed by atoms with van der Waals surface area (Å²) in [5.41, 5.74) is 8.41. The van der Waals surface area contributed by atoms with E-state index in [1.165, 1.54) is 6.92 Å². The Labute approximate surface area is 90.7 Å². The molecule has 2 saturated heterocycles. The Bertz CT molecular complexity index is 343. The predicted octanol–water partition coefficient (Wildman–Crippen LogP) is -0.287. The summed E-state index contributed by atoms with van der Waals surface area (Å²) in [5, 5.41) is 13.3. The highest BCUT2D eigenvalue weighted by atomic mass is 16.7. The van der Waals surface area contributed by atoms with E-state index < -0.39 is 36.6 Å². The Hall–Kier alpha value is -1.34. The van der Waals surface area contributed by atoms with E-state index in [1.807, 2.05) is 0 Å². The van der Waals surface area contributed by atoms with Gasteiger partial charge < -0.3 is 19.3 Å². The van der Waals surface area contributed by atoms with Crippen LogP contribution in [0, 0.1) is 0 Å². The Kier molecular flexibility index (Phi) is 2.97. The van der Waals surface area contributed by atoms with Gasteiger partial charge >= 0.3 is 5.97 Å². The summed E-state index contributed by atoms with van der Waals surface area (Å²) in [6.45, 7) is 1.42. The molecule has 1 N–H and O–H groups in total. The van der Waals surface area contributed by atoms with Gasteiger partial charge in [0, 0.05) is 11.8 Å². The predicted molar refractivity (Wildman–Crippen MR) is 49.1 cm³/mol. The van der Waals surface area contributed by atoms with Crippen LogP contribution in [0.15, 0.2) is 5.11 Å². The van der Waals surface area contributed by atoms with Gasteiger partial charge in [-0.15, -0.1) is 0 Å². The van der Waals surface area contributed by atoms with Crippen LogP contribution in [0.1, 0.15) is 6.92 Å². The summed E-state index contributed by atoms with van der Waals surface area (Å²) in [6.07, 6.45) is -3.26. The number of rotatable bonds is 2. The maximum absolute atomic E-state index is 10.9. The van der Waals surface area contributed by atoms with Gasteiger partial charge in [-0.1, -0.05) is 5.11 Å². The second kappa shape index (κ2) is 4.26. The number of fused-ring (bicyclic) bond motifs is 2. The van der Waals surface area contributed by atoms with Crippen molar-refractivity contribution < 1.29 is 24.1 Å². The maximum Gasteiger partial charge on any atom is 0.303 e. The van der Waals surface area contributed by atoms with Gasteiger partial charge in [-0.05, 0) is 5.53 Å². The molecular weight excluding hydrogens is 218 g/mol. The van der Waals surface area contributed by atoms with Gasteiger partial charge in [0.15, 0.2) is 6.29 Å². The van der Waals surface area contributed by atoms with Gasteiger partial charge in [-0.3, -0.25) is 4.79 Å². The van der Waals surface area contributed by atoms with E-state index in [2.05, 4.69) is 10.0 Å². The zero-order valence-electron chi connectivity index (χ0n) is 8.52. The Morgan fingerprint density at radius 3 is 3.06 bits per heavy atom. The number of hydrogen-bond donors (Lipinski definition) is 1. The normalized spacial score (nSPS) is 41.2. The van der Waals surface area contributed by atoms with Crippen molar-refractivity contribution in [3.8, 4) is 0 Å². The van der Waals surface area contributed by atoms with Crippen molar-refractivity contribution in [2.45, 2.75) is 37.6 Å². The van der Waals surface area contributed by atoms with Crippen LogP contribution in [-0.4, -0.2) is 48.3 Å². The number of carbonyl (C=O) groups is 1. The molecule has 2 aliphatic rings. The average molecular weight is 229 g/mol. The fourth-order valence-corrected chi connectivity index (χ4v) is 1.88. The molecule has 2 heterocycles. The smallest absolute Gasteiger partial charge is 0.303 e. The van der Waals surface area contributed by atoms with Crippen molar-refractivity contribution in [2.24, 2.45) is 5.11 Å². The quantitative estimate of drug-likeness (QED) is 0.302. The number of esters is 1. The summed E-state index contributed by atoms with van der Waals surface area (Å²) < 4.78 is 15.4. The SMILES string of the molecule is CC(=O)O[C@H]1[C@H](O)[C@H]2CO[C@H](O2)[C@@H]1N=[N+]=[N-]. The van der Waals surface area contributed by atoms with Crippen LogP contribution < -0.4 is 0 Å². The van der Waals surface area contributed by atoms with E-state index in [0.717, 1.165) is 0 Å². The van der Waals surface area contributed by atoms with E-state index in [1.54, 1.807) is 0 Å². The average Bonchev–Trinajstić information content (AvgIpc) is 2.66. The fourth-order valence-electron chi connectivity index (χ4n) is 1.88. The third-order valence-corrected chi connectivity index (χ3v) is 2.55. The van der Waals surface area contributed by atoms with Crippen molar-refractivity contribution in [2.75, 3.05) is 6.61 Å². The number of carbonyl (C=O) groups excluding carboxylic acids is 1. The van der Waals surface area contributed by atoms with Gasteiger partial charge in [-0.25, -0.2) is 0 Å². The van der Waals surface area contributed by atoms with E-state index >= 15 is 0 Å². The highest BCUT2D eigenvalue weighted by Gasteiger charge is 2.51. The van der Waals surface area contributed by atoms with E-state index in [4.69, 9.17) is 19.7 Å². The van der Waals surface area contributed by atoms with Crippen molar-refractivity contribution in [1.82, 2.24) is 0 Å². The summed E-state index contributed by atoms with van der Waals surface area (Å²) in [5.74, 6) is -0.552. The molecule has 0 aromatic carbocycles. The highest BCUT2D eigenvalue weighted by Crippen LogP contribution is 2.31. The molecule has 0 spiro atoms. The lowest BCUT2D eigenvalue weighted by Crippen LogP contribution is -2.54. The lowest BCUT2D eigenvalue weighted by atomic mass is 9.99. The lowest BCUT2D eigenvalue weighted by molar-refractivity contribution is -0.196. The molecule has 8 heteroatoms. The maximum atomic E-state index is 10.9. The van der Waals surface area contributed by atoms with Gasteiger partial charge in [0.25, 0.3) is 0 Å². The van der Waals surface area contributed by atoms with Crippen LogP contribution in [-0.2, 0) is 19.0 Å². The first kappa shape index (κ1) is 11.2. The molecule has 8 nitrogen and oxygen atoms in total. The number of nitrogens with zero attached hydrogens (tertiary/aromatic N) is 3. The minimum atomic E-state index is -1.04. The molecule has 0 aromatic rings. The largest absolute Gasteiger partial charge is 0.459 e. The molecule has 16 heavy (non-hydrogen) atoms. The molecule has 0 amide bonds. The van der Waals surface area contributed by atoms with Crippen LogP contribution in [0.5, 0.6) is 0 Å². The van der Waals surface area contributed by atoms with Crippen molar-refractivity contribution >= 4 is 5.97 Å². The topological polar surface area (TPSA) is 114 Å². The number of aliphatic hydroxyl groups excluding tert-OH is 1. The molecule has 2 aliphatic heterocycles.